The first-order valence-corrected chi connectivity index (χ1v) is 6.29. The van der Waals surface area contributed by atoms with Crippen LogP contribution in [0.4, 0.5) is 0 Å². The van der Waals surface area contributed by atoms with Crippen LogP contribution in [-0.4, -0.2) is 32.6 Å². The molecule has 0 aromatic carbocycles. The first kappa shape index (κ1) is 12.7. The van der Waals surface area contributed by atoms with E-state index >= 15 is 0 Å². The van der Waals surface area contributed by atoms with Crippen molar-refractivity contribution >= 4 is 21.8 Å². The van der Waals surface area contributed by atoms with Crippen molar-refractivity contribution in [3.63, 3.8) is 0 Å². The SMILES string of the molecule is O=C(NCCCc1ncn[nH]1)c1cccnc1Br. The van der Waals surface area contributed by atoms with Crippen LogP contribution in [0.3, 0.4) is 0 Å². The first-order valence-electron chi connectivity index (χ1n) is 5.50. The second kappa shape index (κ2) is 6.25. The van der Waals surface area contributed by atoms with Gasteiger partial charge in [-0.3, -0.25) is 9.89 Å². The summed E-state index contributed by atoms with van der Waals surface area (Å²) < 4.78 is 0.553. The van der Waals surface area contributed by atoms with E-state index < -0.39 is 0 Å². The number of halogens is 1. The van der Waals surface area contributed by atoms with E-state index in [2.05, 4.69) is 41.4 Å². The second-order valence-corrected chi connectivity index (χ2v) is 4.38. The molecule has 2 heterocycles. The largest absolute Gasteiger partial charge is 0.352 e. The molecule has 0 unspecified atom stereocenters. The standard InChI is InChI=1S/C11H12BrN5O/c12-10-8(3-1-5-13-10)11(18)14-6-2-4-9-15-7-16-17-9/h1,3,5,7H,2,4,6H2,(H,14,18)(H,15,16,17). The molecule has 2 aromatic rings. The lowest BCUT2D eigenvalue weighted by molar-refractivity contribution is 0.0952. The smallest absolute Gasteiger partial charge is 0.254 e. The number of carbonyl (C=O) groups is 1. The van der Waals surface area contributed by atoms with Crippen molar-refractivity contribution in [1.82, 2.24) is 25.5 Å². The Morgan fingerprint density at radius 3 is 3.06 bits per heavy atom. The number of amides is 1. The summed E-state index contributed by atoms with van der Waals surface area (Å²) in [5.41, 5.74) is 0.539. The van der Waals surface area contributed by atoms with Gasteiger partial charge in [0.1, 0.15) is 16.8 Å². The topological polar surface area (TPSA) is 83.6 Å². The molecule has 7 heteroatoms. The highest BCUT2D eigenvalue weighted by molar-refractivity contribution is 9.10. The summed E-state index contributed by atoms with van der Waals surface area (Å²) in [5.74, 6) is 0.694. The van der Waals surface area contributed by atoms with Gasteiger partial charge in [-0.1, -0.05) is 0 Å². The number of aromatic amines is 1. The van der Waals surface area contributed by atoms with E-state index in [1.165, 1.54) is 6.33 Å². The van der Waals surface area contributed by atoms with Crippen molar-refractivity contribution in [1.29, 1.82) is 0 Å². The molecule has 1 amide bonds. The number of nitrogens with one attached hydrogen (secondary N) is 2. The molecular weight excluding hydrogens is 298 g/mol. The van der Waals surface area contributed by atoms with Gasteiger partial charge in [0, 0.05) is 19.2 Å². The van der Waals surface area contributed by atoms with E-state index in [0.29, 0.717) is 16.7 Å². The van der Waals surface area contributed by atoms with Gasteiger partial charge in [0.15, 0.2) is 0 Å². The molecule has 0 radical (unpaired) electrons. The third-order valence-corrected chi connectivity index (χ3v) is 2.98. The highest BCUT2D eigenvalue weighted by atomic mass is 79.9. The molecule has 0 atom stereocenters. The zero-order chi connectivity index (χ0) is 12.8. The second-order valence-electron chi connectivity index (χ2n) is 3.63. The average molecular weight is 310 g/mol. The van der Waals surface area contributed by atoms with Crippen LogP contribution in [0.1, 0.15) is 22.6 Å². The third-order valence-electron chi connectivity index (χ3n) is 2.34. The van der Waals surface area contributed by atoms with E-state index in [1.54, 1.807) is 18.3 Å². The summed E-state index contributed by atoms with van der Waals surface area (Å²) in [6.45, 7) is 0.584. The summed E-state index contributed by atoms with van der Waals surface area (Å²) in [6, 6.07) is 3.46. The lowest BCUT2D eigenvalue weighted by Gasteiger charge is -2.05. The fourth-order valence-electron chi connectivity index (χ4n) is 1.46. The molecule has 2 rings (SSSR count). The molecule has 0 bridgehead atoms. The minimum absolute atomic E-state index is 0.132. The van der Waals surface area contributed by atoms with Crippen LogP contribution in [0.15, 0.2) is 29.3 Å². The predicted octanol–water partition coefficient (Wildman–Crippen LogP) is 1.32. The number of H-pyrrole nitrogens is 1. The van der Waals surface area contributed by atoms with Crippen LogP contribution in [0.5, 0.6) is 0 Å². The molecule has 94 valence electrons. The first-order chi connectivity index (χ1) is 8.77. The molecule has 2 aromatic heterocycles. The van der Waals surface area contributed by atoms with E-state index in [4.69, 9.17) is 0 Å². The van der Waals surface area contributed by atoms with Gasteiger partial charge in [-0.15, -0.1) is 0 Å². The Morgan fingerprint density at radius 2 is 2.33 bits per heavy atom. The number of rotatable bonds is 5. The maximum Gasteiger partial charge on any atom is 0.254 e. The van der Waals surface area contributed by atoms with Gasteiger partial charge in [0.05, 0.1) is 5.56 Å². The Kier molecular flexibility index (Phi) is 4.40. The maximum absolute atomic E-state index is 11.8. The van der Waals surface area contributed by atoms with Crippen molar-refractivity contribution in [2.75, 3.05) is 6.54 Å². The van der Waals surface area contributed by atoms with Crippen LogP contribution in [0.2, 0.25) is 0 Å². The van der Waals surface area contributed by atoms with E-state index in [-0.39, 0.29) is 5.91 Å². The van der Waals surface area contributed by atoms with Gasteiger partial charge in [0.2, 0.25) is 0 Å². The van der Waals surface area contributed by atoms with Crippen molar-refractivity contribution in [2.45, 2.75) is 12.8 Å². The quantitative estimate of drug-likeness (QED) is 0.644. The highest BCUT2D eigenvalue weighted by Crippen LogP contribution is 2.11. The summed E-state index contributed by atoms with van der Waals surface area (Å²) in [6.07, 6.45) is 4.67. The molecule has 0 aliphatic carbocycles. The summed E-state index contributed by atoms with van der Waals surface area (Å²) >= 11 is 3.24. The minimum Gasteiger partial charge on any atom is -0.352 e. The Balaban J connectivity index is 1.77. The number of hydrogen-bond donors (Lipinski definition) is 2. The molecule has 0 spiro atoms. The molecule has 2 N–H and O–H groups in total. The number of hydrogen-bond acceptors (Lipinski definition) is 4. The lowest BCUT2D eigenvalue weighted by atomic mass is 10.2. The highest BCUT2D eigenvalue weighted by Gasteiger charge is 2.09. The number of pyridine rings is 1. The zero-order valence-corrected chi connectivity index (χ0v) is 11.1. The summed E-state index contributed by atoms with van der Waals surface area (Å²) in [5, 5.41) is 9.36. The predicted molar refractivity (Wildman–Crippen MR) is 69.0 cm³/mol. The zero-order valence-electron chi connectivity index (χ0n) is 9.56. The Morgan fingerprint density at radius 1 is 1.44 bits per heavy atom. The van der Waals surface area contributed by atoms with Crippen molar-refractivity contribution in [3.8, 4) is 0 Å². The molecule has 0 saturated heterocycles. The van der Waals surface area contributed by atoms with Crippen LogP contribution < -0.4 is 5.32 Å². The fraction of sp³-hybridized carbons (Fsp3) is 0.273. The van der Waals surface area contributed by atoms with Gasteiger partial charge in [-0.25, -0.2) is 9.97 Å². The Labute approximate surface area is 112 Å². The average Bonchev–Trinajstić information content (AvgIpc) is 2.88. The minimum atomic E-state index is -0.132. The monoisotopic (exact) mass is 309 g/mol. The van der Waals surface area contributed by atoms with E-state index in [9.17, 15) is 4.79 Å². The van der Waals surface area contributed by atoms with Crippen LogP contribution in [0, 0.1) is 0 Å². The molecule has 0 aliphatic rings. The number of aryl methyl sites for hydroxylation is 1. The van der Waals surface area contributed by atoms with Crippen LogP contribution >= 0.6 is 15.9 Å². The van der Waals surface area contributed by atoms with Gasteiger partial charge in [-0.2, -0.15) is 5.10 Å². The van der Waals surface area contributed by atoms with Gasteiger partial charge >= 0.3 is 0 Å². The van der Waals surface area contributed by atoms with Gasteiger partial charge in [0.25, 0.3) is 5.91 Å². The maximum atomic E-state index is 11.8. The number of nitrogens with zero attached hydrogens (tertiary/aromatic N) is 3. The van der Waals surface area contributed by atoms with Crippen LogP contribution in [-0.2, 0) is 6.42 Å². The Hall–Kier alpha value is -1.76. The number of aromatic nitrogens is 4. The molecule has 0 aliphatic heterocycles. The summed E-state index contributed by atoms with van der Waals surface area (Å²) in [7, 11) is 0. The van der Waals surface area contributed by atoms with E-state index in [1.807, 2.05) is 0 Å². The lowest BCUT2D eigenvalue weighted by Crippen LogP contribution is -2.25. The van der Waals surface area contributed by atoms with Crippen molar-refractivity contribution in [3.05, 3.63) is 40.6 Å². The Bertz CT molecular complexity index is 514. The molecule has 18 heavy (non-hydrogen) atoms. The molecule has 0 fully saturated rings. The van der Waals surface area contributed by atoms with Gasteiger partial charge < -0.3 is 5.32 Å². The van der Waals surface area contributed by atoms with Crippen LogP contribution in [0.25, 0.3) is 0 Å². The molecule has 6 nitrogen and oxygen atoms in total. The molecule has 0 saturated carbocycles. The van der Waals surface area contributed by atoms with Gasteiger partial charge in [-0.05, 0) is 34.5 Å². The number of carbonyl (C=O) groups excluding carboxylic acids is 1. The molecular formula is C11H12BrN5O. The normalized spacial score (nSPS) is 10.3. The fourth-order valence-corrected chi connectivity index (χ4v) is 1.89. The van der Waals surface area contributed by atoms with Crippen molar-refractivity contribution < 1.29 is 4.79 Å². The van der Waals surface area contributed by atoms with E-state index in [0.717, 1.165) is 18.7 Å². The third kappa shape index (κ3) is 3.36. The summed E-state index contributed by atoms with van der Waals surface area (Å²) in [4.78, 5) is 19.8. The van der Waals surface area contributed by atoms with Crippen molar-refractivity contribution in [2.24, 2.45) is 0 Å².